The molecule has 0 saturated heterocycles. The highest BCUT2D eigenvalue weighted by Crippen LogP contribution is 2.18. The van der Waals surface area contributed by atoms with Gasteiger partial charge in [-0.2, -0.15) is 10.4 Å². The van der Waals surface area contributed by atoms with Crippen molar-refractivity contribution < 1.29 is 0 Å². The Morgan fingerprint density at radius 3 is 2.88 bits per heavy atom. The van der Waals surface area contributed by atoms with Crippen molar-refractivity contribution in [3.63, 3.8) is 0 Å². The number of aromatic nitrogens is 2. The summed E-state index contributed by atoms with van der Waals surface area (Å²) in [5.41, 5.74) is 6.92. The summed E-state index contributed by atoms with van der Waals surface area (Å²) >= 11 is 0. The molecule has 0 fully saturated rings. The zero-order valence-electron chi connectivity index (χ0n) is 9.93. The molecule has 0 aromatic carbocycles. The van der Waals surface area contributed by atoms with Crippen LogP contribution in [0.25, 0.3) is 0 Å². The molecule has 0 aliphatic heterocycles. The maximum absolute atomic E-state index is 8.62. The predicted octanol–water partition coefficient (Wildman–Crippen LogP) is 0.655. The number of aryl methyl sites for hydroxylation is 1. The second kappa shape index (κ2) is 6.26. The Balaban J connectivity index is 2.75. The standard InChI is InChI=1S/C11H19N5/c1-3-16(6-4-5-12)11(7-13)10-8-14-15(2)9-10/h8-9,11H,3-4,6-7,13H2,1-2H3. The normalized spacial score (nSPS) is 12.7. The van der Waals surface area contributed by atoms with Gasteiger partial charge in [-0.1, -0.05) is 6.92 Å². The quantitative estimate of drug-likeness (QED) is 0.766. The highest BCUT2D eigenvalue weighted by atomic mass is 15.2. The van der Waals surface area contributed by atoms with Crippen LogP contribution in [0, 0.1) is 11.3 Å². The van der Waals surface area contributed by atoms with Crippen molar-refractivity contribution in [3.8, 4) is 6.07 Å². The molecule has 5 nitrogen and oxygen atoms in total. The van der Waals surface area contributed by atoms with Crippen LogP contribution in [0.15, 0.2) is 12.4 Å². The van der Waals surface area contributed by atoms with Gasteiger partial charge in [0.05, 0.1) is 18.3 Å². The van der Waals surface area contributed by atoms with E-state index in [2.05, 4.69) is 23.0 Å². The lowest BCUT2D eigenvalue weighted by molar-refractivity contribution is 0.217. The summed E-state index contributed by atoms with van der Waals surface area (Å²) in [6, 6.07) is 2.32. The first-order chi connectivity index (χ1) is 7.72. The van der Waals surface area contributed by atoms with Gasteiger partial charge >= 0.3 is 0 Å². The molecule has 1 atom stereocenters. The summed E-state index contributed by atoms with van der Waals surface area (Å²) in [6.45, 7) is 4.27. The number of rotatable bonds is 6. The molecule has 0 spiro atoms. The van der Waals surface area contributed by atoms with Gasteiger partial charge in [0.2, 0.25) is 0 Å². The number of nitriles is 1. The van der Waals surface area contributed by atoms with Crippen LogP contribution in [-0.4, -0.2) is 34.3 Å². The van der Waals surface area contributed by atoms with E-state index in [1.54, 1.807) is 4.68 Å². The maximum atomic E-state index is 8.62. The average molecular weight is 221 g/mol. The van der Waals surface area contributed by atoms with E-state index in [-0.39, 0.29) is 6.04 Å². The van der Waals surface area contributed by atoms with Crippen LogP contribution in [0.1, 0.15) is 24.9 Å². The minimum Gasteiger partial charge on any atom is -0.329 e. The first kappa shape index (κ1) is 12.7. The number of hydrogen-bond donors (Lipinski definition) is 1. The van der Waals surface area contributed by atoms with Crippen LogP contribution in [0.2, 0.25) is 0 Å². The average Bonchev–Trinajstić information content (AvgIpc) is 2.70. The molecule has 0 radical (unpaired) electrons. The highest BCUT2D eigenvalue weighted by Gasteiger charge is 2.18. The van der Waals surface area contributed by atoms with Crippen LogP contribution in [-0.2, 0) is 7.05 Å². The third-order valence-corrected chi connectivity index (χ3v) is 2.69. The van der Waals surface area contributed by atoms with Crippen molar-refractivity contribution in [3.05, 3.63) is 18.0 Å². The highest BCUT2D eigenvalue weighted by molar-refractivity contribution is 5.11. The van der Waals surface area contributed by atoms with Gasteiger partial charge in [0.25, 0.3) is 0 Å². The van der Waals surface area contributed by atoms with Gasteiger partial charge in [0.15, 0.2) is 0 Å². The molecule has 88 valence electrons. The van der Waals surface area contributed by atoms with Gasteiger partial charge in [-0.3, -0.25) is 9.58 Å². The summed E-state index contributed by atoms with van der Waals surface area (Å²) in [4.78, 5) is 2.21. The van der Waals surface area contributed by atoms with E-state index in [1.807, 2.05) is 19.4 Å². The molecule has 1 rings (SSSR count). The van der Waals surface area contributed by atoms with Crippen molar-refractivity contribution in [1.29, 1.82) is 5.26 Å². The molecule has 1 aromatic rings. The van der Waals surface area contributed by atoms with Crippen molar-refractivity contribution >= 4 is 0 Å². The molecule has 1 heterocycles. The maximum Gasteiger partial charge on any atom is 0.0635 e. The monoisotopic (exact) mass is 221 g/mol. The summed E-state index contributed by atoms with van der Waals surface area (Å²) in [5, 5.41) is 12.8. The van der Waals surface area contributed by atoms with Crippen LogP contribution in [0.3, 0.4) is 0 Å². The van der Waals surface area contributed by atoms with Gasteiger partial charge in [-0.15, -0.1) is 0 Å². The molecule has 16 heavy (non-hydrogen) atoms. The van der Waals surface area contributed by atoms with Crippen LogP contribution in [0.4, 0.5) is 0 Å². The molecule has 2 N–H and O–H groups in total. The number of hydrogen-bond acceptors (Lipinski definition) is 4. The minimum atomic E-state index is 0.159. The molecule has 0 bridgehead atoms. The molecule has 1 aromatic heterocycles. The van der Waals surface area contributed by atoms with Crippen molar-refractivity contribution in [2.24, 2.45) is 12.8 Å². The molecule has 0 aliphatic rings. The van der Waals surface area contributed by atoms with Gasteiger partial charge < -0.3 is 5.73 Å². The summed E-state index contributed by atoms with van der Waals surface area (Å²) in [6.07, 6.45) is 4.35. The largest absolute Gasteiger partial charge is 0.329 e. The van der Waals surface area contributed by atoms with E-state index in [9.17, 15) is 0 Å². The zero-order valence-corrected chi connectivity index (χ0v) is 9.93. The van der Waals surface area contributed by atoms with Crippen molar-refractivity contribution in [2.45, 2.75) is 19.4 Å². The Bertz CT molecular complexity index is 352. The van der Waals surface area contributed by atoms with Gasteiger partial charge in [-0.05, 0) is 6.54 Å². The summed E-state index contributed by atoms with van der Waals surface area (Å²) in [7, 11) is 1.89. The lowest BCUT2D eigenvalue weighted by Crippen LogP contribution is -2.34. The summed E-state index contributed by atoms with van der Waals surface area (Å²) < 4.78 is 1.77. The second-order valence-electron chi connectivity index (χ2n) is 3.74. The molecule has 0 saturated carbocycles. The first-order valence-electron chi connectivity index (χ1n) is 5.52. The molecule has 0 aliphatic carbocycles. The van der Waals surface area contributed by atoms with E-state index >= 15 is 0 Å². The molecule has 5 heteroatoms. The second-order valence-corrected chi connectivity index (χ2v) is 3.74. The fourth-order valence-electron chi connectivity index (χ4n) is 1.84. The Kier molecular flexibility index (Phi) is 4.96. The van der Waals surface area contributed by atoms with E-state index in [4.69, 9.17) is 11.0 Å². The van der Waals surface area contributed by atoms with Crippen LogP contribution >= 0.6 is 0 Å². The molecular weight excluding hydrogens is 202 g/mol. The predicted molar refractivity (Wildman–Crippen MR) is 62.5 cm³/mol. The third-order valence-electron chi connectivity index (χ3n) is 2.69. The number of nitrogens with zero attached hydrogens (tertiary/aromatic N) is 4. The van der Waals surface area contributed by atoms with Crippen molar-refractivity contribution in [1.82, 2.24) is 14.7 Å². The fraction of sp³-hybridized carbons (Fsp3) is 0.636. The van der Waals surface area contributed by atoms with Gasteiger partial charge in [0, 0.05) is 38.3 Å². The van der Waals surface area contributed by atoms with E-state index in [0.29, 0.717) is 13.0 Å². The van der Waals surface area contributed by atoms with E-state index in [0.717, 1.165) is 18.7 Å². The Morgan fingerprint density at radius 2 is 2.44 bits per heavy atom. The third kappa shape index (κ3) is 3.05. The molecule has 1 unspecified atom stereocenters. The van der Waals surface area contributed by atoms with Gasteiger partial charge in [-0.25, -0.2) is 0 Å². The zero-order chi connectivity index (χ0) is 12.0. The minimum absolute atomic E-state index is 0.159. The SMILES string of the molecule is CCN(CCC#N)C(CN)c1cnn(C)c1. The lowest BCUT2D eigenvalue weighted by Gasteiger charge is -2.28. The van der Waals surface area contributed by atoms with E-state index < -0.39 is 0 Å². The van der Waals surface area contributed by atoms with Crippen molar-refractivity contribution in [2.75, 3.05) is 19.6 Å². The van der Waals surface area contributed by atoms with Gasteiger partial charge in [0.1, 0.15) is 0 Å². The molecular formula is C11H19N5. The first-order valence-corrected chi connectivity index (χ1v) is 5.52. The van der Waals surface area contributed by atoms with Crippen LogP contribution in [0.5, 0.6) is 0 Å². The smallest absolute Gasteiger partial charge is 0.0635 e. The lowest BCUT2D eigenvalue weighted by atomic mass is 10.1. The van der Waals surface area contributed by atoms with E-state index in [1.165, 1.54) is 0 Å². The number of nitrogens with two attached hydrogens (primary N) is 1. The Labute approximate surface area is 96.5 Å². The molecule has 0 amide bonds. The van der Waals surface area contributed by atoms with Crippen LogP contribution < -0.4 is 5.73 Å². The number of likely N-dealkylation sites (N-methyl/N-ethyl adjacent to an activating group) is 1. The Hall–Kier alpha value is -1.38. The topological polar surface area (TPSA) is 70.9 Å². The Morgan fingerprint density at radius 1 is 1.69 bits per heavy atom. The summed E-state index contributed by atoms with van der Waals surface area (Å²) in [5.74, 6) is 0. The fourth-order valence-corrected chi connectivity index (χ4v) is 1.84.